The Morgan fingerprint density at radius 1 is 1.33 bits per heavy atom. The third kappa shape index (κ3) is 3.06. The predicted molar refractivity (Wildman–Crippen MR) is 86.2 cm³/mol. The van der Waals surface area contributed by atoms with Crippen molar-refractivity contribution < 1.29 is 14.7 Å². The van der Waals surface area contributed by atoms with Crippen LogP contribution in [0.5, 0.6) is 0 Å². The average molecular weight is 321 g/mol. The van der Waals surface area contributed by atoms with E-state index in [1.165, 1.54) is 0 Å². The fourth-order valence-electron chi connectivity index (χ4n) is 2.56. The number of carboxylic acids is 1. The van der Waals surface area contributed by atoms with Crippen LogP contribution in [0.1, 0.15) is 16.8 Å². The van der Waals surface area contributed by atoms with E-state index in [0.717, 1.165) is 15.8 Å². The van der Waals surface area contributed by atoms with E-state index in [-0.39, 0.29) is 18.4 Å². The van der Waals surface area contributed by atoms with Crippen LogP contribution < -0.4 is 0 Å². The first-order chi connectivity index (χ1) is 10.1. The second-order valence-corrected chi connectivity index (χ2v) is 7.10. The minimum Gasteiger partial charge on any atom is -0.481 e. The SMILES string of the molecule is O=C(O)CC1CSCCN1C(=O)c1ccc2sccc2c1. The van der Waals surface area contributed by atoms with Crippen LogP contribution in [0.4, 0.5) is 0 Å². The highest BCUT2D eigenvalue weighted by Crippen LogP contribution is 2.25. The van der Waals surface area contributed by atoms with Gasteiger partial charge in [-0.2, -0.15) is 11.8 Å². The van der Waals surface area contributed by atoms with Crippen LogP contribution in [0.15, 0.2) is 29.6 Å². The smallest absolute Gasteiger partial charge is 0.305 e. The van der Waals surface area contributed by atoms with Crippen LogP contribution in [0.2, 0.25) is 0 Å². The second-order valence-electron chi connectivity index (χ2n) is 5.00. The lowest BCUT2D eigenvalue weighted by molar-refractivity contribution is -0.138. The predicted octanol–water partition coefficient (Wildman–Crippen LogP) is 2.93. The van der Waals surface area contributed by atoms with Crippen molar-refractivity contribution in [1.82, 2.24) is 4.90 Å². The normalized spacial score (nSPS) is 18.9. The molecule has 1 aliphatic heterocycles. The molecule has 0 bridgehead atoms. The molecule has 0 aliphatic carbocycles. The van der Waals surface area contributed by atoms with Gasteiger partial charge in [-0.15, -0.1) is 11.3 Å². The standard InChI is InChI=1S/C15H15NO3S2/c17-14(18)8-12-9-20-6-4-16(12)15(19)11-1-2-13-10(7-11)3-5-21-13/h1-3,5,7,12H,4,6,8-9H2,(H,17,18). The molecule has 1 atom stereocenters. The number of carbonyl (C=O) groups is 2. The number of carboxylic acid groups (broad SMARTS) is 1. The number of carbonyl (C=O) groups excluding carboxylic acids is 1. The molecule has 3 rings (SSSR count). The van der Waals surface area contributed by atoms with E-state index < -0.39 is 5.97 Å². The number of thioether (sulfide) groups is 1. The molecule has 21 heavy (non-hydrogen) atoms. The molecule has 0 saturated carbocycles. The Morgan fingerprint density at radius 3 is 3.00 bits per heavy atom. The van der Waals surface area contributed by atoms with Crippen molar-refractivity contribution in [3.05, 3.63) is 35.2 Å². The first kappa shape index (κ1) is 14.4. The molecule has 1 aromatic heterocycles. The summed E-state index contributed by atoms with van der Waals surface area (Å²) in [5.41, 5.74) is 0.642. The zero-order valence-electron chi connectivity index (χ0n) is 11.3. The summed E-state index contributed by atoms with van der Waals surface area (Å²) >= 11 is 3.36. The first-order valence-electron chi connectivity index (χ1n) is 6.73. The number of hydrogen-bond acceptors (Lipinski definition) is 4. The molecule has 1 aliphatic rings. The van der Waals surface area contributed by atoms with Gasteiger partial charge in [-0.3, -0.25) is 9.59 Å². The average Bonchev–Trinajstić information content (AvgIpc) is 2.94. The molecule has 1 N–H and O–H groups in total. The number of hydrogen-bond donors (Lipinski definition) is 1. The Labute approximate surface area is 130 Å². The van der Waals surface area contributed by atoms with Crippen molar-refractivity contribution >= 4 is 45.1 Å². The Kier molecular flexibility index (Phi) is 4.17. The van der Waals surface area contributed by atoms with Crippen LogP contribution in [0.3, 0.4) is 0 Å². The molecule has 4 nitrogen and oxygen atoms in total. The number of fused-ring (bicyclic) bond motifs is 1. The molecule has 6 heteroatoms. The maximum Gasteiger partial charge on any atom is 0.305 e. The monoisotopic (exact) mass is 321 g/mol. The van der Waals surface area contributed by atoms with Gasteiger partial charge >= 0.3 is 5.97 Å². The summed E-state index contributed by atoms with van der Waals surface area (Å²) in [5.74, 6) is 0.643. The number of rotatable bonds is 3. The molecular formula is C15H15NO3S2. The molecular weight excluding hydrogens is 306 g/mol. The zero-order valence-corrected chi connectivity index (χ0v) is 13.0. The van der Waals surface area contributed by atoms with E-state index in [9.17, 15) is 9.59 Å². The highest BCUT2D eigenvalue weighted by molar-refractivity contribution is 7.99. The van der Waals surface area contributed by atoms with E-state index in [0.29, 0.717) is 17.9 Å². The van der Waals surface area contributed by atoms with Gasteiger partial charge in [0.05, 0.1) is 12.5 Å². The number of nitrogens with zero attached hydrogens (tertiary/aromatic N) is 1. The van der Waals surface area contributed by atoms with Gasteiger partial charge in [0.1, 0.15) is 0 Å². The van der Waals surface area contributed by atoms with Crippen LogP contribution in [0, 0.1) is 0 Å². The second kappa shape index (κ2) is 6.07. The highest BCUT2D eigenvalue weighted by atomic mass is 32.2. The number of benzene rings is 1. The van der Waals surface area contributed by atoms with E-state index in [2.05, 4.69) is 0 Å². The quantitative estimate of drug-likeness (QED) is 0.944. The van der Waals surface area contributed by atoms with Crippen LogP contribution in [0.25, 0.3) is 10.1 Å². The Hall–Kier alpha value is -1.53. The van der Waals surface area contributed by atoms with E-state index >= 15 is 0 Å². The maximum absolute atomic E-state index is 12.7. The minimum absolute atomic E-state index is 0.0133. The topological polar surface area (TPSA) is 57.6 Å². The molecule has 0 radical (unpaired) electrons. The summed E-state index contributed by atoms with van der Waals surface area (Å²) in [6, 6.07) is 7.47. The summed E-state index contributed by atoms with van der Waals surface area (Å²) in [7, 11) is 0. The van der Waals surface area contributed by atoms with Crippen molar-refractivity contribution in [2.75, 3.05) is 18.1 Å². The molecule has 2 heterocycles. The van der Waals surface area contributed by atoms with Crippen molar-refractivity contribution in [3.8, 4) is 0 Å². The zero-order chi connectivity index (χ0) is 14.8. The summed E-state index contributed by atoms with van der Waals surface area (Å²) in [5, 5.41) is 12.1. The summed E-state index contributed by atoms with van der Waals surface area (Å²) < 4.78 is 1.16. The van der Waals surface area contributed by atoms with Gasteiger partial charge < -0.3 is 10.0 Å². The van der Waals surface area contributed by atoms with Gasteiger partial charge in [0.25, 0.3) is 5.91 Å². The van der Waals surface area contributed by atoms with Crippen LogP contribution >= 0.6 is 23.1 Å². The van der Waals surface area contributed by atoms with Gasteiger partial charge in [-0.25, -0.2) is 0 Å². The summed E-state index contributed by atoms with van der Waals surface area (Å²) in [6.07, 6.45) is 0.0133. The molecule has 2 aromatic rings. The molecule has 1 aromatic carbocycles. The molecule has 1 saturated heterocycles. The number of thiophene rings is 1. The lowest BCUT2D eigenvalue weighted by Crippen LogP contribution is -2.47. The van der Waals surface area contributed by atoms with Crippen molar-refractivity contribution in [2.24, 2.45) is 0 Å². The fourth-order valence-corrected chi connectivity index (χ4v) is 4.39. The van der Waals surface area contributed by atoms with Crippen molar-refractivity contribution in [1.29, 1.82) is 0 Å². The van der Waals surface area contributed by atoms with Crippen LogP contribution in [-0.2, 0) is 4.79 Å². The molecule has 1 unspecified atom stereocenters. The van der Waals surface area contributed by atoms with Crippen molar-refractivity contribution in [2.45, 2.75) is 12.5 Å². The van der Waals surface area contributed by atoms with E-state index in [1.807, 2.05) is 29.6 Å². The third-order valence-electron chi connectivity index (χ3n) is 3.60. The number of amides is 1. The van der Waals surface area contributed by atoms with Crippen LogP contribution in [-0.4, -0.2) is 46.0 Å². The summed E-state index contributed by atoms with van der Waals surface area (Å²) in [4.78, 5) is 25.4. The minimum atomic E-state index is -0.853. The van der Waals surface area contributed by atoms with Gasteiger partial charge in [-0.05, 0) is 35.0 Å². The Morgan fingerprint density at radius 2 is 2.19 bits per heavy atom. The van der Waals surface area contributed by atoms with Gasteiger partial charge in [0.15, 0.2) is 0 Å². The molecule has 110 valence electrons. The van der Waals surface area contributed by atoms with E-state index in [1.54, 1.807) is 28.0 Å². The van der Waals surface area contributed by atoms with Gasteiger partial charge in [-0.1, -0.05) is 0 Å². The third-order valence-corrected chi connectivity index (χ3v) is 5.59. The Bertz CT molecular complexity index is 682. The largest absolute Gasteiger partial charge is 0.481 e. The summed E-state index contributed by atoms with van der Waals surface area (Å²) in [6.45, 7) is 0.614. The molecule has 1 fully saturated rings. The van der Waals surface area contributed by atoms with Gasteiger partial charge in [0.2, 0.25) is 0 Å². The maximum atomic E-state index is 12.7. The van der Waals surface area contributed by atoms with Crippen molar-refractivity contribution in [3.63, 3.8) is 0 Å². The lowest BCUT2D eigenvalue weighted by atomic mass is 10.1. The number of aliphatic carboxylic acids is 1. The van der Waals surface area contributed by atoms with E-state index in [4.69, 9.17) is 5.11 Å². The first-order valence-corrected chi connectivity index (χ1v) is 8.76. The molecule has 1 amide bonds. The lowest BCUT2D eigenvalue weighted by Gasteiger charge is -2.34. The highest BCUT2D eigenvalue weighted by Gasteiger charge is 2.29. The van der Waals surface area contributed by atoms with Gasteiger partial charge in [0, 0.05) is 28.3 Å². The Balaban J connectivity index is 1.85. The fraction of sp³-hybridized carbons (Fsp3) is 0.333. The molecule has 0 spiro atoms.